The van der Waals surface area contributed by atoms with Crippen LogP contribution >= 0.6 is 0 Å². The number of aromatic nitrogens is 1. The van der Waals surface area contributed by atoms with Crippen molar-refractivity contribution in [2.24, 2.45) is 5.92 Å². The van der Waals surface area contributed by atoms with E-state index >= 15 is 0 Å². The van der Waals surface area contributed by atoms with Crippen LogP contribution in [0.5, 0.6) is 0 Å². The summed E-state index contributed by atoms with van der Waals surface area (Å²) in [5.41, 5.74) is 2.40. The summed E-state index contributed by atoms with van der Waals surface area (Å²) in [4.78, 5) is 2.70. The van der Waals surface area contributed by atoms with Crippen molar-refractivity contribution in [1.29, 1.82) is 0 Å². The van der Waals surface area contributed by atoms with E-state index in [0.717, 1.165) is 30.0 Å². The van der Waals surface area contributed by atoms with Crippen LogP contribution in [0.15, 0.2) is 4.52 Å². The van der Waals surface area contributed by atoms with Crippen molar-refractivity contribution in [1.82, 2.24) is 10.1 Å². The van der Waals surface area contributed by atoms with Crippen LogP contribution in [0, 0.1) is 19.8 Å². The van der Waals surface area contributed by atoms with Gasteiger partial charge < -0.3 is 4.52 Å². The van der Waals surface area contributed by atoms with E-state index in [1.165, 1.54) is 57.1 Å². The van der Waals surface area contributed by atoms with Gasteiger partial charge in [-0.05, 0) is 52.0 Å². The molecule has 0 unspecified atom stereocenters. The predicted octanol–water partition coefficient (Wildman–Crippen LogP) is 3.84. The van der Waals surface area contributed by atoms with Crippen molar-refractivity contribution >= 4 is 0 Å². The largest absolute Gasteiger partial charge is 0.361 e. The first kappa shape index (κ1) is 13.2. The Labute approximate surface area is 116 Å². The van der Waals surface area contributed by atoms with Crippen LogP contribution in [0.3, 0.4) is 0 Å². The zero-order valence-electron chi connectivity index (χ0n) is 12.3. The number of hydrogen-bond donors (Lipinski definition) is 0. The van der Waals surface area contributed by atoms with Gasteiger partial charge in [-0.15, -0.1) is 0 Å². The summed E-state index contributed by atoms with van der Waals surface area (Å²) in [6, 6.07) is 0.814. The minimum absolute atomic E-state index is 0.814. The van der Waals surface area contributed by atoms with Gasteiger partial charge in [-0.2, -0.15) is 0 Å². The van der Waals surface area contributed by atoms with E-state index in [0.29, 0.717) is 0 Å². The number of nitrogens with zero attached hydrogens (tertiary/aromatic N) is 2. The molecule has 3 nitrogen and oxygen atoms in total. The van der Waals surface area contributed by atoms with E-state index in [1.54, 1.807) is 0 Å². The second-order valence-electron chi connectivity index (χ2n) is 6.38. The number of likely N-dealkylation sites (tertiary alicyclic amines) is 1. The van der Waals surface area contributed by atoms with Gasteiger partial charge in [-0.3, -0.25) is 4.90 Å². The molecular weight excluding hydrogens is 236 g/mol. The Bertz CT molecular complexity index is 401. The molecule has 1 aromatic rings. The van der Waals surface area contributed by atoms with E-state index in [4.69, 9.17) is 4.52 Å². The Balaban J connectivity index is 1.69. The second kappa shape index (κ2) is 5.66. The van der Waals surface area contributed by atoms with E-state index in [9.17, 15) is 0 Å². The highest BCUT2D eigenvalue weighted by molar-refractivity contribution is 5.20. The number of hydrogen-bond acceptors (Lipinski definition) is 3. The van der Waals surface area contributed by atoms with E-state index in [-0.39, 0.29) is 0 Å². The molecule has 1 aromatic heterocycles. The SMILES string of the molecule is Cc1noc(C)c1CN1CCC[C@@H]1C1CCCCC1. The molecule has 3 rings (SSSR count). The molecule has 0 amide bonds. The summed E-state index contributed by atoms with van der Waals surface area (Å²) in [6.45, 7) is 6.41. The highest BCUT2D eigenvalue weighted by Crippen LogP contribution is 2.35. The Kier molecular flexibility index (Phi) is 3.92. The highest BCUT2D eigenvalue weighted by Gasteiger charge is 2.33. The molecular formula is C16H26N2O. The molecule has 1 atom stereocenters. The molecule has 0 bridgehead atoms. The standard InChI is InChI=1S/C16H26N2O/c1-12-15(13(2)19-17-12)11-18-10-6-9-16(18)14-7-4-3-5-8-14/h14,16H,3-11H2,1-2H3/t16-/m1/s1. The molecule has 3 heteroatoms. The lowest BCUT2D eigenvalue weighted by Gasteiger charge is -2.34. The zero-order chi connectivity index (χ0) is 13.2. The minimum Gasteiger partial charge on any atom is -0.361 e. The van der Waals surface area contributed by atoms with Gasteiger partial charge in [-0.1, -0.05) is 24.4 Å². The molecule has 1 aliphatic heterocycles. The Morgan fingerprint density at radius 1 is 1.11 bits per heavy atom. The summed E-state index contributed by atoms with van der Waals surface area (Å²) in [7, 11) is 0. The molecule has 106 valence electrons. The first-order chi connectivity index (χ1) is 9.25. The van der Waals surface area contributed by atoms with Crippen LogP contribution in [-0.4, -0.2) is 22.6 Å². The Morgan fingerprint density at radius 2 is 1.89 bits per heavy atom. The van der Waals surface area contributed by atoms with Crippen LogP contribution in [0.25, 0.3) is 0 Å². The van der Waals surface area contributed by atoms with Crippen LogP contribution in [0.2, 0.25) is 0 Å². The van der Waals surface area contributed by atoms with Gasteiger partial charge in [0, 0.05) is 18.2 Å². The fourth-order valence-electron chi connectivity index (χ4n) is 4.03. The Morgan fingerprint density at radius 3 is 2.58 bits per heavy atom. The molecule has 1 saturated carbocycles. The van der Waals surface area contributed by atoms with Gasteiger partial charge >= 0.3 is 0 Å². The summed E-state index contributed by atoms with van der Waals surface area (Å²) in [5, 5.41) is 4.09. The van der Waals surface area contributed by atoms with E-state index in [1.807, 2.05) is 6.92 Å². The van der Waals surface area contributed by atoms with Gasteiger partial charge in [0.2, 0.25) is 0 Å². The third kappa shape index (κ3) is 2.71. The maximum Gasteiger partial charge on any atom is 0.138 e. The molecule has 0 N–H and O–H groups in total. The van der Waals surface area contributed by atoms with Gasteiger partial charge in [0.05, 0.1) is 5.69 Å². The molecule has 0 radical (unpaired) electrons. The predicted molar refractivity (Wildman–Crippen MR) is 76.0 cm³/mol. The third-order valence-electron chi connectivity index (χ3n) is 5.15. The van der Waals surface area contributed by atoms with Crippen molar-refractivity contribution in [2.75, 3.05) is 6.54 Å². The fourth-order valence-corrected chi connectivity index (χ4v) is 4.03. The number of rotatable bonds is 3. The third-order valence-corrected chi connectivity index (χ3v) is 5.15. The lowest BCUT2D eigenvalue weighted by atomic mass is 9.83. The molecule has 2 aliphatic rings. The average Bonchev–Trinajstić information content (AvgIpc) is 3.02. The average molecular weight is 262 g/mol. The summed E-state index contributed by atoms with van der Waals surface area (Å²) in [6.07, 6.45) is 10.00. The summed E-state index contributed by atoms with van der Waals surface area (Å²) < 4.78 is 5.31. The van der Waals surface area contributed by atoms with Crippen molar-refractivity contribution in [2.45, 2.75) is 71.4 Å². The van der Waals surface area contributed by atoms with Crippen molar-refractivity contribution in [3.8, 4) is 0 Å². The zero-order valence-corrected chi connectivity index (χ0v) is 12.3. The lowest BCUT2D eigenvalue weighted by molar-refractivity contribution is 0.150. The van der Waals surface area contributed by atoms with Crippen LogP contribution in [-0.2, 0) is 6.54 Å². The second-order valence-corrected chi connectivity index (χ2v) is 6.38. The maximum atomic E-state index is 5.31. The van der Waals surface area contributed by atoms with Crippen molar-refractivity contribution in [3.05, 3.63) is 17.0 Å². The summed E-state index contributed by atoms with van der Waals surface area (Å²) in [5.74, 6) is 1.95. The van der Waals surface area contributed by atoms with Crippen molar-refractivity contribution in [3.63, 3.8) is 0 Å². The maximum absolute atomic E-state index is 5.31. The highest BCUT2D eigenvalue weighted by atomic mass is 16.5. The molecule has 1 saturated heterocycles. The molecule has 0 spiro atoms. The van der Waals surface area contributed by atoms with Gasteiger partial charge in [0.1, 0.15) is 5.76 Å². The minimum atomic E-state index is 0.814. The smallest absolute Gasteiger partial charge is 0.138 e. The fraction of sp³-hybridized carbons (Fsp3) is 0.812. The number of aryl methyl sites for hydroxylation is 2. The van der Waals surface area contributed by atoms with Gasteiger partial charge in [-0.25, -0.2) is 0 Å². The van der Waals surface area contributed by atoms with Crippen LogP contribution in [0.4, 0.5) is 0 Å². The molecule has 19 heavy (non-hydrogen) atoms. The monoisotopic (exact) mass is 262 g/mol. The van der Waals surface area contributed by atoms with E-state index in [2.05, 4.69) is 17.0 Å². The molecule has 0 aromatic carbocycles. The first-order valence-electron chi connectivity index (χ1n) is 7.91. The van der Waals surface area contributed by atoms with E-state index < -0.39 is 0 Å². The van der Waals surface area contributed by atoms with Crippen LogP contribution < -0.4 is 0 Å². The Hall–Kier alpha value is -0.830. The lowest BCUT2D eigenvalue weighted by Crippen LogP contribution is -2.36. The molecule has 1 aliphatic carbocycles. The molecule has 2 heterocycles. The van der Waals surface area contributed by atoms with Crippen molar-refractivity contribution < 1.29 is 4.52 Å². The normalized spacial score (nSPS) is 26.1. The van der Waals surface area contributed by atoms with Gasteiger partial charge in [0.25, 0.3) is 0 Å². The summed E-state index contributed by atoms with van der Waals surface area (Å²) >= 11 is 0. The quantitative estimate of drug-likeness (QED) is 0.829. The first-order valence-corrected chi connectivity index (χ1v) is 7.91. The molecule has 2 fully saturated rings. The topological polar surface area (TPSA) is 29.3 Å². The van der Waals surface area contributed by atoms with Gasteiger partial charge in [0.15, 0.2) is 0 Å². The van der Waals surface area contributed by atoms with Crippen LogP contribution in [0.1, 0.15) is 62.0 Å².